The Balaban J connectivity index is 0. The summed E-state index contributed by atoms with van der Waals surface area (Å²) in [6, 6.07) is -0.151. The second kappa shape index (κ2) is 9.93. The first-order chi connectivity index (χ1) is 7.76. The molecule has 2 atom stereocenters. The van der Waals surface area contributed by atoms with Gasteiger partial charge in [-0.3, -0.25) is 4.79 Å². The van der Waals surface area contributed by atoms with E-state index in [0.717, 1.165) is 25.0 Å². The minimum Gasteiger partial charge on any atom is -0.352 e. The third-order valence-electron chi connectivity index (χ3n) is 2.69. The highest BCUT2D eigenvalue weighted by molar-refractivity contribution is 7.98. The Morgan fingerprint density at radius 3 is 2.33 bits per heavy atom. The number of halogens is 1. The SMILES string of the molecule is CSCC[C@H](N)C(=O)NC(C)CCC(C)(C)C.Cl. The maximum Gasteiger partial charge on any atom is 0.237 e. The average molecular weight is 297 g/mol. The van der Waals surface area contributed by atoms with Gasteiger partial charge >= 0.3 is 0 Å². The molecule has 5 heteroatoms. The van der Waals surface area contributed by atoms with Gasteiger partial charge in [0.1, 0.15) is 0 Å². The van der Waals surface area contributed by atoms with Gasteiger partial charge in [0.2, 0.25) is 5.91 Å². The Bertz CT molecular complexity index is 232. The van der Waals surface area contributed by atoms with Crippen molar-refractivity contribution in [2.45, 2.75) is 59.0 Å². The van der Waals surface area contributed by atoms with Crippen molar-refractivity contribution in [2.24, 2.45) is 11.1 Å². The van der Waals surface area contributed by atoms with Gasteiger partial charge in [0, 0.05) is 6.04 Å². The molecular formula is C13H29ClN2OS. The van der Waals surface area contributed by atoms with Crippen molar-refractivity contribution in [1.29, 1.82) is 0 Å². The van der Waals surface area contributed by atoms with E-state index in [9.17, 15) is 4.79 Å². The summed E-state index contributed by atoms with van der Waals surface area (Å²) in [6.07, 6.45) is 4.88. The van der Waals surface area contributed by atoms with Crippen LogP contribution in [-0.2, 0) is 4.79 Å². The monoisotopic (exact) mass is 296 g/mol. The lowest BCUT2D eigenvalue weighted by molar-refractivity contribution is -0.123. The fraction of sp³-hybridized carbons (Fsp3) is 0.923. The highest BCUT2D eigenvalue weighted by Gasteiger charge is 2.17. The van der Waals surface area contributed by atoms with E-state index in [-0.39, 0.29) is 30.4 Å². The van der Waals surface area contributed by atoms with Crippen LogP contribution in [0.4, 0.5) is 0 Å². The van der Waals surface area contributed by atoms with Crippen molar-refractivity contribution in [3.8, 4) is 0 Å². The molecule has 0 rings (SSSR count). The third kappa shape index (κ3) is 11.2. The highest BCUT2D eigenvalue weighted by Crippen LogP contribution is 2.21. The summed E-state index contributed by atoms with van der Waals surface area (Å²) in [6.45, 7) is 8.69. The number of thioether (sulfide) groups is 1. The van der Waals surface area contributed by atoms with Crippen LogP contribution >= 0.6 is 24.2 Å². The Hall–Kier alpha value is 0.0700. The van der Waals surface area contributed by atoms with Crippen LogP contribution in [-0.4, -0.2) is 30.0 Å². The fourth-order valence-corrected chi connectivity index (χ4v) is 1.94. The molecule has 110 valence electrons. The van der Waals surface area contributed by atoms with Crippen molar-refractivity contribution in [2.75, 3.05) is 12.0 Å². The zero-order chi connectivity index (χ0) is 13.5. The van der Waals surface area contributed by atoms with Crippen LogP contribution in [0.15, 0.2) is 0 Å². The lowest BCUT2D eigenvalue weighted by atomic mass is 9.89. The Labute approximate surface area is 122 Å². The van der Waals surface area contributed by atoms with E-state index >= 15 is 0 Å². The lowest BCUT2D eigenvalue weighted by Gasteiger charge is -2.22. The summed E-state index contributed by atoms with van der Waals surface area (Å²) >= 11 is 1.72. The van der Waals surface area contributed by atoms with Gasteiger partial charge in [-0.15, -0.1) is 12.4 Å². The molecule has 0 heterocycles. The largest absolute Gasteiger partial charge is 0.352 e. The van der Waals surface area contributed by atoms with Gasteiger partial charge in [0.15, 0.2) is 0 Å². The number of hydrogen-bond donors (Lipinski definition) is 2. The standard InChI is InChI=1S/C13H28N2OS.ClH/c1-10(6-8-13(2,3)4)15-12(16)11(14)7-9-17-5;/h10-11H,6-9,14H2,1-5H3,(H,15,16);1H/t10?,11-;/m0./s1. The minimum absolute atomic E-state index is 0. The molecule has 18 heavy (non-hydrogen) atoms. The molecule has 0 fully saturated rings. The van der Waals surface area contributed by atoms with E-state index in [1.807, 2.05) is 13.2 Å². The first-order valence-corrected chi connectivity index (χ1v) is 7.70. The van der Waals surface area contributed by atoms with Gasteiger partial charge in [-0.25, -0.2) is 0 Å². The van der Waals surface area contributed by atoms with Crippen molar-refractivity contribution < 1.29 is 4.79 Å². The van der Waals surface area contributed by atoms with Crippen molar-refractivity contribution in [1.82, 2.24) is 5.32 Å². The normalized spacial score (nSPS) is 14.6. The van der Waals surface area contributed by atoms with E-state index in [4.69, 9.17) is 5.73 Å². The number of nitrogens with two attached hydrogens (primary N) is 1. The average Bonchev–Trinajstić information content (AvgIpc) is 2.22. The van der Waals surface area contributed by atoms with Crippen LogP contribution < -0.4 is 11.1 Å². The van der Waals surface area contributed by atoms with Gasteiger partial charge in [0.05, 0.1) is 6.04 Å². The predicted octanol–water partition coefficient (Wildman–Crippen LogP) is 2.82. The van der Waals surface area contributed by atoms with Crippen LogP contribution in [0, 0.1) is 5.41 Å². The number of carbonyl (C=O) groups excluding carboxylic acids is 1. The van der Waals surface area contributed by atoms with Gasteiger partial charge in [-0.2, -0.15) is 11.8 Å². The van der Waals surface area contributed by atoms with E-state index < -0.39 is 0 Å². The molecule has 0 spiro atoms. The first-order valence-electron chi connectivity index (χ1n) is 6.31. The van der Waals surface area contributed by atoms with Crippen LogP contribution in [0.25, 0.3) is 0 Å². The molecule has 1 unspecified atom stereocenters. The van der Waals surface area contributed by atoms with Crippen LogP contribution in [0.1, 0.15) is 47.0 Å². The fourth-order valence-electron chi connectivity index (χ4n) is 1.45. The third-order valence-corrected chi connectivity index (χ3v) is 3.33. The van der Waals surface area contributed by atoms with E-state index in [0.29, 0.717) is 5.41 Å². The number of amides is 1. The molecule has 0 saturated heterocycles. The molecule has 0 aliphatic rings. The Morgan fingerprint density at radius 2 is 1.89 bits per heavy atom. The molecule has 3 nitrogen and oxygen atoms in total. The molecule has 1 amide bonds. The second-order valence-electron chi connectivity index (χ2n) is 5.90. The maximum absolute atomic E-state index is 11.7. The summed E-state index contributed by atoms with van der Waals surface area (Å²) in [5.74, 6) is 0.922. The van der Waals surface area contributed by atoms with Gasteiger partial charge in [0.25, 0.3) is 0 Å². The molecule has 0 aliphatic heterocycles. The van der Waals surface area contributed by atoms with Gasteiger partial charge in [-0.05, 0) is 43.6 Å². The summed E-state index contributed by atoms with van der Waals surface area (Å²) in [5, 5.41) is 2.99. The molecule has 0 aromatic rings. The molecule has 0 aromatic carbocycles. The quantitative estimate of drug-likeness (QED) is 0.759. The molecular weight excluding hydrogens is 268 g/mol. The molecule has 0 aliphatic carbocycles. The van der Waals surface area contributed by atoms with E-state index in [2.05, 4.69) is 26.1 Å². The minimum atomic E-state index is -0.362. The van der Waals surface area contributed by atoms with Crippen molar-refractivity contribution >= 4 is 30.1 Å². The molecule has 0 radical (unpaired) electrons. The number of nitrogens with one attached hydrogen (secondary N) is 1. The lowest BCUT2D eigenvalue weighted by Crippen LogP contribution is -2.44. The smallest absolute Gasteiger partial charge is 0.237 e. The zero-order valence-electron chi connectivity index (χ0n) is 12.3. The van der Waals surface area contributed by atoms with Crippen molar-refractivity contribution in [3.05, 3.63) is 0 Å². The second-order valence-corrected chi connectivity index (χ2v) is 6.88. The number of carbonyl (C=O) groups is 1. The molecule has 0 aromatic heterocycles. The summed E-state index contributed by atoms with van der Waals surface area (Å²) in [4.78, 5) is 11.7. The Kier molecular flexibility index (Phi) is 11.2. The topological polar surface area (TPSA) is 55.1 Å². The summed E-state index contributed by atoms with van der Waals surface area (Å²) in [5.41, 5.74) is 6.13. The van der Waals surface area contributed by atoms with E-state index in [1.165, 1.54) is 0 Å². The Morgan fingerprint density at radius 1 is 1.33 bits per heavy atom. The molecule has 0 saturated carbocycles. The van der Waals surface area contributed by atoms with Crippen LogP contribution in [0.5, 0.6) is 0 Å². The molecule has 0 bridgehead atoms. The van der Waals surface area contributed by atoms with Crippen LogP contribution in [0.3, 0.4) is 0 Å². The van der Waals surface area contributed by atoms with Gasteiger partial charge < -0.3 is 11.1 Å². The number of hydrogen-bond acceptors (Lipinski definition) is 3. The van der Waals surface area contributed by atoms with Crippen LogP contribution in [0.2, 0.25) is 0 Å². The summed E-state index contributed by atoms with van der Waals surface area (Å²) in [7, 11) is 0. The molecule has 3 N–H and O–H groups in total. The predicted molar refractivity (Wildman–Crippen MR) is 84.5 cm³/mol. The van der Waals surface area contributed by atoms with Gasteiger partial charge in [-0.1, -0.05) is 20.8 Å². The number of rotatable bonds is 7. The van der Waals surface area contributed by atoms with Crippen molar-refractivity contribution in [3.63, 3.8) is 0 Å². The maximum atomic E-state index is 11.7. The zero-order valence-corrected chi connectivity index (χ0v) is 13.9. The first kappa shape index (κ1) is 20.4. The highest BCUT2D eigenvalue weighted by atomic mass is 35.5. The van der Waals surface area contributed by atoms with E-state index in [1.54, 1.807) is 11.8 Å². The summed E-state index contributed by atoms with van der Waals surface area (Å²) < 4.78 is 0.